The maximum Gasteiger partial charge on any atom is -0.00484 e. The number of hydrogen-bond acceptors (Lipinski definition) is 2. The molecule has 0 amide bonds. The molecular formula is C9H21N2. The molecule has 0 saturated heterocycles. The Balaban J connectivity index is 2.69. The summed E-state index contributed by atoms with van der Waals surface area (Å²) in [5.74, 6) is 0. The van der Waals surface area contributed by atoms with Crippen LogP contribution in [0, 0.1) is 6.92 Å². The van der Waals surface area contributed by atoms with Crippen molar-refractivity contribution in [2.24, 2.45) is 0 Å². The van der Waals surface area contributed by atoms with Crippen LogP contribution in [0.15, 0.2) is 0 Å². The zero-order chi connectivity index (χ0) is 8.36. The van der Waals surface area contributed by atoms with E-state index in [0.29, 0.717) is 0 Å². The van der Waals surface area contributed by atoms with Crippen LogP contribution in [-0.2, 0) is 0 Å². The highest BCUT2D eigenvalue weighted by Gasteiger charge is 1.86. The predicted octanol–water partition coefficient (Wildman–Crippen LogP) is 1.19. The average molecular weight is 157 g/mol. The fourth-order valence-corrected chi connectivity index (χ4v) is 0.927. The van der Waals surface area contributed by atoms with Crippen LogP contribution in [0.5, 0.6) is 0 Å². The van der Waals surface area contributed by atoms with Crippen molar-refractivity contribution in [3.05, 3.63) is 6.92 Å². The predicted molar refractivity (Wildman–Crippen MR) is 50.6 cm³/mol. The Morgan fingerprint density at radius 3 is 2.27 bits per heavy atom. The molecule has 2 heteroatoms. The number of unbranched alkanes of at least 4 members (excludes halogenated alkanes) is 2. The van der Waals surface area contributed by atoms with Crippen molar-refractivity contribution >= 4 is 0 Å². The van der Waals surface area contributed by atoms with Gasteiger partial charge in [-0.2, -0.15) is 0 Å². The topological polar surface area (TPSA) is 24.1 Å². The first-order valence-corrected chi connectivity index (χ1v) is 4.56. The van der Waals surface area contributed by atoms with Crippen molar-refractivity contribution < 1.29 is 0 Å². The molecule has 67 valence electrons. The quantitative estimate of drug-likeness (QED) is 0.517. The Hall–Kier alpha value is -0.0800. The minimum atomic E-state index is 1.05. The first kappa shape index (κ1) is 10.9. The second-order valence-electron chi connectivity index (χ2n) is 2.77. The smallest absolute Gasteiger partial charge is 0.00484 e. The first-order chi connectivity index (χ1) is 5.41. The molecule has 0 fully saturated rings. The van der Waals surface area contributed by atoms with Gasteiger partial charge in [0.1, 0.15) is 0 Å². The summed E-state index contributed by atoms with van der Waals surface area (Å²) in [6.07, 6.45) is 4.79. The zero-order valence-corrected chi connectivity index (χ0v) is 7.66. The summed E-state index contributed by atoms with van der Waals surface area (Å²) in [6, 6.07) is 0. The highest BCUT2D eigenvalue weighted by Crippen LogP contribution is 1.85. The summed E-state index contributed by atoms with van der Waals surface area (Å²) in [4.78, 5) is 0. The highest BCUT2D eigenvalue weighted by atomic mass is 14.8. The van der Waals surface area contributed by atoms with E-state index in [-0.39, 0.29) is 0 Å². The van der Waals surface area contributed by atoms with Crippen LogP contribution in [0.25, 0.3) is 0 Å². The van der Waals surface area contributed by atoms with E-state index in [2.05, 4.69) is 17.6 Å². The third-order valence-corrected chi connectivity index (χ3v) is 1.63. The minimum Gasteiger partial charge on any atom is -0.320 e. The lowest BCUT2D eigenvalue weighted by atomic mass is 10.3. The van der Waals surface area contributed by atoms with Gasteiger partial charge in [-0.05, 0) is 45.9 Å². The van der Waals surface area contributed by atoms with Gasteiger partial charge in [0.2, 0.25) is 0 Å². The lowest BCUT2D eigenvalue weighted by Gasteiger charge is -2.02. The summed E-state index contributed by atoms with van der Waals surface area (Å²) in [5.41, 5.74) is 0. The van der Waals surface area contributed by atoms with Crippen molar-refractivity contribution in [2.45, 2.75) is 25.7 Å². The summed E-state index contributed by atoms with van der Waals surface area (Å²) in [6.45, 7) is 7.20. The molecule has 0 bridgehead atoms. The molecule has 0 spiro atoms. The normalized spacial score (nSPS) is 10.4. The van der Waals surface area contributed by atoms with Crippen molar-refractivity contribution in [3.63, 3.8) is 0 Å². The molecule has 2 N–H and O–H groups in total. The summed E-state index contributed by atoms with van der Waals surface area (Å²) >= 11 is 0. The molecule has 0 unspecified atom stereocenters. The van der Waals surface area contributed by atoms with Crippen LogP contribution in [-0.4, -0.2) is 26.7 Å². The van der Waals surface area contributed by atoms with Gasteiger partial charge in [-0.15, -0.1) is 0 Å². The Morgan fingerprint density at radius 2 is 1.64 bits per heavy atom. The molecule has 0 aromatic heterocycles. The fraction of sp³-hybridized carbons (Fsp3) is 0.889. The Bertz CT molecular complexity index is 56.6. The van der Waals surface area contributed by atoms with Crippen molar-refractivity contribution in [2.75, 3.05) is 26.7 Å². The standard InChI is InChI=1S/C9H21N2/c1-3-4-8-11-9-6-5-7-10-2/h10-11H,1,3-9H2,2H3. The summed E-state index contributed by atoms with van der Waals surface area (Å²) in [7, 11) is 2.00. The summed E-state index contributed by atoms with van der Waals surface area (Å²) < 4.78 is 0. The van der Waals surface area contributed by atoms with Gasteiger partial charge >= 0.3 is 0 Å². The maximum absolute atomic E-state index is 3.78. The summed E-state index contributed by atoms with van der Waals surface area (Å²) in [5, 5.41) is 6.51. The van der Waals surface area contributed by atoms with E-state index in [1.807, 2.05) is 7.05 Å². The molecule has 0 aromatic rings. The van der Waals surface area contributed by atoms with Gasteiger partial charge in [0.05, 0.1) is 0 Å². The largest absolute Gasteiger partial charge is 0.320 e. The van der Waals surface area contributed by atoms with Crippen LogP contribution in [0.3, 0.4) is 0 Å². The van der Waals surface area contributed by atoms with Crippen LogP contribution < -0.4 is 10.6 Å². The molecule has 0 heterocycles. The molecule has 1 radical (unpaired) electrons. The molecule has 0 atom stereocenters. The van der Waals surface area contributed by atoms with Crippen molar-refractivity contribution in [3.8, 4) is 0 Å². The molecule has 0 aliphatic carbocycles. The Kier molecular flexibility index (Phi) is 9.85. The van der Waals surface area contributed by atoms with Gasteiger partial charge in [-0.3, -0.25) is 0 Å². The molecule has 0 saturated carbocycles. The molecule has 0 aliphatic heterocycles. The van der Waals surface area contributed by atoms with Gasteiger partial charge in [0.25, 0.3) is 0 Å². The van der Waals surface area contributed by atoms with E-state index in [0.717, 1.165) is 26.1 Å². The van der Waals surface area contributed by atoms with Gasteiger partial charge in [0.15, 0.2) is 0 Å². The SMILES string of the molecule is [CH2]CCCNCCCCNC. The Labute approximate surface area is 70.8 Å². The molecule has 0 aliphatic rings. The van der Waals surface area contributed by atoms with Crippen LogP contribution in [0.2, 0.25) is 0 Å². The number of rotatable bonds is 8. The van der Waals surface area contributed by atoms with E-state index < -0.39 is 0 Å². The minimum absolute atomic E-state index is 1.05. The molecule has 11 heavy (non-hydrogen) atoms. The Morgan fingerprint density at radius 1 is 1.00 bits per heavy atom. The van der Waals surface area contributed by atoms with Crippen LogP contribution in [0.1, 0.15) is 25.7 Å². The molecule has 2 nitrogen and oxygen atoms in total. The maximum atomic E-state index is 3.78. The van der Waals surface area contributed by atoms with E-state index in [9.17, 15) is 0 Å². The van der Waals surface area contributed by atoms with E-state index in [1.54, 1.807) is 0 Å². The van der Waals surface area contributed by atoms with E-state index in [1.165, 1.54) is 19.3 Å². The highest BCUT2D eigenvalue weighted by molar-refractivity contribution is 4.50. The van der Waals surface area contributed by atoms with E-state index >= 15 is 0 Å². The van der Waals surface area contributed by atoms with Gasteiger partial charge in [-0.1, -0.05) is 13.3 Å². The zero-order valence-electron chi connectivity index (χ0n) is 7.66. The van der Waals surface area contributed by atoms with Crippen LogP contribution >= 0.6 is 0 Å². The lowest BCUT2D eigenvalue weighted by Crippen LogP contribution is -2.18. The van der Waals surface area contributed by atoms with Crippen LogP contribution in [0.4, 0.5) is 0 Å². The second-order valence-corrected chi connectivity index (χ2v) is 2.77. The second kappa shape index (κ2) is 9.92. The molecular weight excluding hydrogens is 136 g/mol. The number of hydrogen-bond donors (Lipinski definition) is 2. The monoisotopic (exact) mass is 157 g/mol. The first-order valence-electron chi connectivity index (χ1n) is 4.56. The van der Waals surface area contributed by atoms with Crippen molar-refractivity contribution in [1.29, 1.82) is 0 Å². The van der Waals surface area contributed by atoms with Crippen molar-refractivity contribution in [1.82, 2.24) is 10.6 Å². The number of nitrogens with one attached hydrogen (secondary N) is 2. The third kappa shape index (κ3) is 9.92. The lowest BCUT2D eigenvalue weighted by molar-refractivity contribution is 0.593. The van der Waals surface area contributed by atoms with Gasteiger partial charge in [0, 0.05) is 0 Å². The fourth-order valence-electron chi connectivity index (χ4n) is 0.927. The van der Waals surface area contributed by atoms with E-state index in [4.69, 9.17) is 0 Å². The average Bonchev–Trinajstić information content (AvgIpc) is 2.03. The molecule has 0 rings (SSSR count). The third-order valence-electron chi connectivity index (χ3n) is 1.63. The van der Waals surface area contributed by atoms with Gasteiger partial charge in [-0.25, -0.2) is 0 Å². The van der Waals surface area contributed by atoms with Gasteiger partial charge < -0.3 is 10.6 Å². The molecule has 0 aromatic carbocycles.